The lowest BCUT2D eigenvalue weighted by Crippen LogP contribution is -2.24. The maximum Gasteiger partial charge on any atom is 0.344 e. The summed E-state index contributed by atoms with van der Waals surface area (Å²) in [7, 11) is 1.32. The quantitative estimate of drug-likeness (QED) is 0.574. The summed E-state index contributed by atoms with van der Waals surface area (Å²) in [5, 5.41) is 0. The van der Waals surface area contributed by atoms with E-state index in [4.69, 9.17) is 9.47 Å². The van der Waals surface area contributed by atoms with Gasteiger partial charge in [0.2, 0.25) is 11.8 Å². The zero-order chi connectivity index (χ0) is 12.3. The fraction of sp³-hybridized carbons (Fsp3) is 0.455. The molecule has 0 N–H and O–H groups in total. The van der Waals surface area contributed by atoms with E-state index in [1.165, 1.54) is 13.2 Å². The number of ether oxygens (including phenoxy) is 2. The lowest BCUT2D eigenvalue weighted by Gasteiger charge is -2.19. The molecule has 0 aromatic carbocycles. The highest BCUT2D eigenvalue weighted by atomic mass is 19.1. The van der Waals surface area contributed by atoms with E-state index < -0.39 is 17.5 Å². The standard InChI is InChI=1S/C11H14FNO3/c1-11(2,3)16-10(14)7-5-6-8(12)13-9(7)15-4/h5-6H,1-4H3. The molecule has 0 aliphatic carbocycles. The molecular weight excluding hydrogens is 213 g/mol. The van der Waals surface area contributed by atoms with Gasteiger partial charge in [-0.15, -0.1) is 0 Å². The molecule has 0 atom stereocenters. The Kier molecular flexibility index (Phi) is 3.47. The molecule has 0 aliphatic rings. The zero-order valence-electron chi connectivity index (χ0n) is 9.70. The van der Waals surface area contributed by atoms with Gasteiger partial charge < -0.3 is 9.47 Å². The topological polar surface area (TPSA) is 48.4 Å². The second-order valence-corrected chi connectivity index (χ2v) is 4.19. The second kappa shape index (κ2) is 4.47. The van der Waals surface area contributed by atoms with Gasteiger partial charge in [-0.2, -0.15) is 9.37 Å². The number of aromatic nitrogens is 1. The SMILES string of the molecule is COc1nc(F)ccc1C(=O)OC(C)(C)C. The number of carbonyl (C=O) groups is 1. The van der Waals surface area contributed by atoms with Crippen LogP contribution in [0.25, 0.3) is 0 Å². The van der Waals surface area contributed by atoms with Crippen LogP contribution in [0.15, 0.2) is 12.1 Å². The second-order valence-electron chi connectivity index (χ2n) is 4.19. The summed E-state index contributed by atoms with van der Waals surface area (Å²) in [6.45, 7) is 5.23. The predicted molar refractivity (Wildman–Crippen MR) is 55.9 cm³/mol. The van der Waals surface area contributed by atoms with Gasteiger partial charge in [-0.25, -0.2) is 4.79 Å². The highest BCUT2D eigenvalue weighted by Gasteiger charge is 2.21. The Balaban J connectivity index is 2.99. The van der Waals surface area contributed by atoms with Gasteiger partial charge in [-0.1, -0.05) is 0 Å². The highest BCUT2D eigenvalue weighted by Crippen LogP contribution is 2.19. The van der Waals surface area contributed by atoms with E-state index in [2.05, 4.69) is 4.98 Å². The number of carbonyl (C=O) groups excluding carboxylic acids is 1. The maximum absolute atomic E-state index is 12.8. The van der Waals surface area contributed by atoms with Crippen molar-refractivity contribution in [3.8, 4) is 5.88 Å². The van der Waals surface area contributed by atoms with E-state index in [-0.39, 0.29) is 11.4 Å². The summed E-state index contributed by atoms with van der Waals surface area (Å²) in [4.78, 5) is 15.1. The van der Waals surface area contributed by atoms with Gasteiger partial charge in [-0.05, 0) is 32.9 Å². The van der Waals surface area contributed by atoms with Crippen LogP contribution in [-0.4, -0.2) is 23.7 Å². The summed E-state index contributed by atoms with van der Waals surface area (Å²) >= 11 is 0. The van der Waals surface area contributed by atoms with Crippen molar-refractivity contribution in [3.63, 3.8) is 0 Å². The zero-order valence-corrected chi connectivity index (χ0v) is 9.70. The first-order valence-corrected chi connectivity index (χ1v) is 4.77. The molecule has 0 radical (unpaired) electrons. The fourth-order valence-electron chi connectivity index (χ4n) is 1.06. The Morgan fingerprint density at radius 2 is 2.00 bits per heavy atom. The number of halogens is 1. The third kappa shape index (κ3) is 3.18. The Morgan fingerprint density at radius 3 is 2.50 bits per heavy atom. The monoisotopic (exact) mass is 227 g/mol. The molecule has 1 rings (SSSR count). The van der Waals surface area contributed by atoms with Crippen molar-refractivity contribution >= 4 is 5.97 Å². The maximum atomic E-state index is 12.8. The van der Waals surface area contributed by atoms with Gasteiger partial charge in [-0.3, -0.25) is 0 Å². The van der Waals surface area contributed by atoms with Gasteiger partial charge in [0.05, 0.1) is 7.11 Å². The predicted octanol–water partition coefficient (Wildman–Crippen LogP) is 2.18. The number of nitrogens with zero attached hydrogens (tertiary/aromatic N) is 1. The highest BCUT2D eigenvalue weighted by molar-refractivity contribution is 5.92. The van der Waals surface area contributed by atoms with Crippen LogP contribution < -0.4 is 4.74 Å². The van der Waals surface area contributed by atoms with Gasteiger partial charge in [0.1, 0.15) is 11.2 Å². The largest absolute Gasteiger partial charge is 0.480 e. The Labute approximate surface area is 93.4 Å². The molecule has 0 saturated heterocycles. The average molecular weight is 227 g/mol. The number of rotatable bonds is 2. The van der Waals surface area contributed by atoms with Crippen molar-refractivity contribution < 1.29 is 18.7 Å². The van der Waals surface area contributed by atoms with Crippen molar-refractivity contribution in [1.29, 1.82) is 0 Å². The molecular formula is C11H14FNO3. The van der Waals surface area contributed by atoms with Crippen LogP contribution >= 0.6 is 0 Å². The van der Waals surface area contributed by atoms with E-state index in [0.29, 0.717) is 0 Å². The van der Waals surface area contributed by atoms with E-state index in [9.17, 15) is 9.18 Å². The Hall–Kier alpha value is -1.65. The molecule has 4 nitrogen and oxygen atoms in total. The molecule has 0 amide bonds. The number of methoxy groups -OCH3 is 1. The number of hydrogen-bond acceptors (Lipinski definition) is 4. The summed E-state index contributed by atoms with van der Waals surface area (Å²) in [5.74, 6) is -1.37. The number of esters is 1. The Morgan fingerprint density at radius 1 is 1.38 bits per heavy atom. The minimum Gasteiger partial charge on any atom is -0.480 e. The first-order chi connectivity index (χ1) is 7.33. The first kappa shape index (κ1) is 12.4. The van der Waals surface area contributed by atoms with Gasteiger partial charge >= 0.3 is 5.97 Å². The molecule has 1 aromatic rings. The van der Waals surface area contributed by atoms with E-state index in [1.54, 1.807) is 20.8 Å². The molecule has 0 unspecified atom stereocenters. The van der Waals surface area contributed by atoms with Crippen LogP contribution in [-0.2, 0) is 4.74 Å². The van der Waals surface area contributed by atoms with Gasteiger partial charge in [0.25, 0.3) is 0 Å². The Bertz CT molecular complexity index is 399. The normalized spacial score (nSPS) is 11.1. The molecule has 0 fully saturated rings. The van der Waals surface area contributed by atoms with Crippen molar-refractivity contribution in [1.82, 2.24) is 4.98 Å². The summed E-state index contributed by atoms with van der Waals surface area (Å²) < 4.78 is 22.7. The molecule has 1 heterocycles. The lowest BCUT2D eigenvalue weighted by molar-refractivity contribution is 0.00656. The van der Waals surface area contributed by atoms with Crippen molar-refractivity contribution in [2.24, 2.45) is 0 Å². The van der Waals surface area contributed by atoms with Crippen molar-refractivity contribution in [2.75, 3.05) is 7.11 Å². The molecule has 0 aliphatic heterocycles. The van der Waals surface area contributed by atoms with Crippen LogP contribution in [0.4, 0.5) is 4.39 Å². The third-order valence-corrected chi connectivity index (χ3v) is 1.64. The van der Waals surface area contributed by atoms with Crippen molar-refractivity contribution in [2.45, 2.75) is 26.4 Å². The molecule has 0 spiro atoms. The number of pyridine rings is 1. The molecule has 16 heavy (non-hydrogen) atoms. The number of hydrogen-bond donors (Lipinski definition) is 0. The lowest BCUT2D eigenvalue weighted by atomic mass is 10.2. The summed E-state index contributed by atoms with van der Waals surface area (Å²) in [5.41, 5.74) is -0.505. The van der Waals surface area contributed by atoms with Gasteiger partial charge in [0, 0.05) is 0 Å². The molecule has 0 bridgehead atoms. The van der Waals surface area contributed by atoms with Crippen molar-refractivity contribution in [3.05, 3.63) is 23.6 Å². The van der Waals surface area contributed by atoms with E-state index in [0.717, 1.165) is 6.07 Å². The molecule has 5 heteroatoms. The van der Waals surface area contributed by atoms with Gasteiger partial charge in [0.15, 0.2) is 0 Å². The van der Waals surface area contributed by atoms with E-state index in [1.807, 2.05) is 0 Å². The van der Waals surface area contributed by atoms with Crippen LogP contribution in [0.2, 0.25) is 0 Å². The fourth-order valence-corrected chi connectivity index (χ4v) is 1.06. The third-order valence-electron chi connectivity index (χ3n) is 1.64. The van der Waals surface area contributed by atoms with E-state index >= 15 is 0 Å². The summed E-state index contributed by atoms with van der Waals surface area (Å²) in [6, 6.07) is 2.37. The first-order valence-electron chi connectivity index (χ1n) is 4.77. The van der Waals surface area contributed by atoms with Crippen LogP contribution in [0.3, 0.4) is 0 Å². The van der Waals surface area contributed by atoms with Crippen LogP contribution in [0.1, 0.15) is 31.1 Å². The minimum atomic E-state index is -0.704. The van der Waals surface area contributed by atoms with Crippen LogP contribution in [0.5, 0.6) is 5.88 Å². The summed E-state index contributed by atoms with van der Waals surface area (Å²) in [6.07, 6.45) is 0. The molecule has 88 valence electrons. The smallest absolute Gasteiger partial charge is 0.344 e. The van der Waals surface area contributed by atoms with Crippen LogP contribution in [0, 0.1) is 5.95 Å². The minimum absolute atomic E-state index is 0.0748. The average Bonchev–Trinajstić information content (AvgIpc) is 2.14. The molecule has 1 aromatic heterocycles. The molecule has 0 saturated carbocycles.